The van der Waals surface area contributed by atoms with Crippen LogP contribution in [0.4, 0.5) is 0 Å². The van der Waals surface area contributed by atoms with Crippen molar-refractivity contribution in [3.8, 4) is 0 Å². The fourth-order valence-corrected chi connectivity index (χ4v) is 6.42. The number of nitrogens with zero attached hydrogens (tertiary/aromatic N) is 1. The number of carbonyl (C=O) groups excluding carboxylic acids is 2. The van der Waals surface area contributed by atoms with Gasteiger partial charge in [0.25, 0.3) is 0 Å². The summed E-state index contributed by atoms with van der Waals surface area (Å²) in [5, 5.41) is 14.7. The first-order chi connectivity index (χ1) is 18.0. The standard InChI is InChI=1S/C28H30N2O5S2/c31-26(32)16-30-24(25-12-7-15-37-25)19-36-18-23(27(30)33)29-22(14-13-20-8-3-1-4-9-20)28(34)35-17-21-10-5-2-6-11-21/h1-12,15,22-24,29H,13-14,16-19H2,(H,31,32). The third-order valence-corrected chi connectivity index (χ3v) is 8.26. The van der Waals surface area contributed by atoms with Crippen LogP contribution in [0.1, 0.15) is 28.5 Å². The summed E-state index contributed by atoms with van der Waals surface area (Å²) in [6.45, 7) is -0.255. The molecule has 37 heavy (non-hydrogen) atoms. The van der Waals surface area contributed by atoms with Gasteiger partial charge in [-0.05, 0) is 35.4 Å². The van der Waals surface area contributed by atoms with E-state index >= 15 is 0 Å². The van der Waals surface area contributed by atoms with Gasteiger partial charge in [0, 0.05) is 16.4 Å². The van der Waals surface area contributed by atoms with Gasteiger partial charge in [0.05, 0.1) is 12.1 Å². The maximum atomic E-state index is 13.6. The summed E-state index contributed by atoms with van der Waals surface area (Å²) >= 11 is 3.09. The van der Waals surface area contributed by atoms with E-state index in [-0.39, 0.29) is 18.6 Å². The lowest BCUT2D eigenvalue weighted by molar-refractivity contribution is -0.150. The van der Waals surface area contributed by atoms with E-state index in [1.54, 1.807) is 11.8 Å². The van der Waals surface area contributed by atoms with Crippen molar-refractivity contribution in [2.45, 2.75) is 37.6 Å². The Bertz CT molecular complexity index is 1160. The van der Waals surface area contributed by atoms with Crippen LogP contribution in [0.2, 0.25) is 0 Å². The Morgan fingerprint density at radius 1 is 1.00 bits per heavy atom. The van der Waals surface area contributed by atoms with E-state index in [0.29, 0.717) is 24.3 Å². The SMILES string of the molecule is O=C(O)CN1C(=O)C(NC(CCc2ccccc2)C(=O)OCc2ccccc2)CSCC1c1cccs1. The average Bonchev–Trinajstić information content (AvgIpc) is 3.40. The number of aryl methyl sites for hydroxylation is 1. The summed E-state index contributed by atoms with van der Waals surface area (Å²) in [5.41, 5.74) is 1.96. The van der Waals surface area contributed by atoms with Crippen LogP contribution in [0.3, 0.4) is 0 Å². The Morgan fingerprint density at radius 2 is 1.70 bits per heavy atom. The van der Waals surface area contributed by atoms with Gasteiger partial charge in [0.15, 0.2) is 0 Å². The highest BCUT2D eigenvalue weighted by Gasteiger charge is 2.37. The number of rotatable bonds is 11. The molecular weight excluding hydrogens is 508 g/mol. The van der Waals surface area contributed by atoms with Gasteiger partial charge in [-0.3, -0.25) is 19.7 Å². The molecule has 0 saturated carbocycles. The van der Waals surface area contributed by atoms with Gasteiger partial charge >= 0.3 is 11.9 Å². The van der Waals surface area contributed by atoms with Gasteiger partial charge in [-0.15, -0.1) is 11.3 Å². The highest BCUT2D eigenvalue weighted by molar-refractivity contribution is 7.99. The van der Waals surface area contributed by atoms with Crippen molar-refractivity contribution in [2.24, 2.45) is 0 Å². The number of ether oxygens (including phenoxy) is 1. The van der Waals surface area contributed by atoms with Crippen molar-refractivity contribution in [3.63, 3.8) is 0 Å². The fraction of sp³-hybridized carbons (Fsp3) is 0.321. The number of thiophene rings is 1. The second-order valence-corrected chi connectivity index (χ2v) is 10.9. The average molecular weight is 539 g/mol. The topological polar surface area (TPSA) is 95.9 Å². The van der Waals surface area contributed by atoms with Crippen molar-refractivity contribution in [2.75, 3.05) is 18.1 Å². The predicted octanol–water partition coefficient (Wildman–Crippen LogP) is 4.15. The van der Waals surface area contributed by atoms with Crippen molar-refractivity contribution in [3.05, 3.63) is 94.2 Å². The van der Waals surface area contributed by atoms with Crippen molar-refractivity contribution < 1.29 is 24.2 Å². The summed E-state index contributed by atoms with van der Waals surface area (Å²) in [5.74, 6) is -0.786. The number of thioether (sulfide) groups is 1. The smallest absolute Gasteiger partial charge is 0.323 e. The molecule has 1 aliphatic rings. The van der Waals surface area contributed by atoms with E-state index in [9.17, 15) is 19.5 Å². The molecule has 7 nitrogen and oxygen atoms in total. The highest BCUT2D eigenvalue weighted by atomic mass is 32.2. The first-order valence-electron chi connectivity index (χ1n) is 12.1. The van der Waals surface area contributed by atoms with Crippen molar-refractivity contribution >= 4 is 40.9 Å². The molecule has 2 N–H and O–H groups in total. The third-order valence-electron chi connectivity index (χ3n) is 6.17. The van der Waals surface area contributed by atoms with E-state index in [2.05, 4.69) is 5.32 Å². The number of aliphatic carboxylic acids is 1. The number of carboxylic acid groups (broad SMARTS) is 1. The molecule has 1 amide bonds. The molecular formula is C28H30N2O5S2. The van der Waals surface area contributed by atoms with Crippen LogP contribution in [0.15, 0.2) is 78.2 Å². The lowest BCUT2D eigenvalue weighted by atomic mass is 10.0. The van der Waals surface area contributed by atoms with Gasteiger partial charge in [0.1, 0.15) is 19.2 Å². The second kappa shape index (κ2) is 13.4. The zero-order valence-corrected chi connectivity index (χ0v) is 22.0. The van der Waals surface area contributed by atoms with Crippen LogP contribution < -0.4 is 5.32 Å². The third kappa shape index (κ3) is 7.67. The molecule has 0 spiro atoms. The Hall–Kier alpha value is -3.14. The number of esters is 1. The quantitative estimate of drug-likeness (QED) is 0.354. The summed E-state index contributed by atoms with van der Waals surface area (Å²) < 4.78 is 5.63. The molecule has 3 atom stereocenters. The van der Waals surface area contributed by atoms with Crippen LogP contribution in [-0.2, 0) is 32.1 Å². The summed E-state index contributed by atoms with van der Waals surface area (Å²) in [4.78, 5) is 40.9. The van der Waals surface area contributed by atoms with E-state index in [0.717, 1.165) is 16.0 Å². The van der Waals surface area contributed by atoms with E-state index in [1.165, 1.54) is 16.2 Å². The molecule has 194 valence electrons. The van der Waals surface area contributed by atoms with Gasteiger partial charge in [0.2, 0.25) is 5.91 Å². The van der Waals surface area contributed by atoms with Gasteiger partial charge in [-0.25, -0.2) is 0 Å². The minimum atomic E-state index is -1.07. The Labute approximate surface area is 224 Å². The van der Waals surface area contributed by atoms with Gasteiger partial charge in [-0.1, -0.05) is 66.7 Å². The van der Waals surface area contributed by atoms with Gasteiger partial charge < -0.3 is 14.7 Å². The van der Waals surface area contributed by atoms with E-state index in [4.69, 9.17) is 4.74 Å². The van der Waals surface area contributed by atoms with Gasteiger partial charge in [-0.2, -0.15) is 11.8 Å². The molecule has 1 saturated heterocycles. The lowest BCUT2D eigenvalue weighted by Gasteiger charge is -2.30. The fourth-order valence-electron chi connectivity index (χ4n) is 4.28. The number of amides is 1. The molecule has 1 fully saturated rings. The Balaban J connectivity index is 1.50. The maximum absolute atomic E-state index is 13.6. The zero-order chi connectivity index (χ0) is 26.0. The molecule has 1 aromatic heterocycles. The summed E-state index contributed by atoms with van der Waals surface area (Å²) in [7, 11) is 0. The highest BCUT2D eigenvalue weighted by Crippen LogP contribution is 2.32. The van der Waals surface area contributed by atoms with Crippen LogP contribution >= 0.6 is 23.1 Å². The van der Waals surface area contributed by atoms with Crippen LogP contribution in [-0.4, -0.2) is 58.0 Å². The molecule has 4 rings (SSSR count). The normalized spacial score (nSPS) is 18.7. The lowest BCUT2D eigenvalue weighted by Crippen LogP contribution is -2.54. The number of benzene rings is 2. The van der Waals surface area contributed by atoms with Crippen LogP contribution in [0, 0.1) is 0 Å². The monoisotopic (exact) mass is 538 g/mol. The maximum Gasteiger partial charge on any atom is 0.323 e. The molecule has 3 aromatic rings. The number of carbonyl (C=O) groups is 3. The van der Waals surface area contributed by atoms with E-state index in [1.807, 2.05) is 78.2 Å². The predicted molar refractivity (Wildman–Crippen MR) is 145 cm³/mol. The summed E-state index contributed by atoms with van der Waals surface area (Å²) in [6, 6.07) is 21.4. The zero-order valence-electron chi connectivity index (χ0n) is 20.3. The van der Waals surface area contributed by atoms with Crippen molar-refractivity contribution in [1.29, 1.82) is 0 Å². The van der Waals surface area contributed by atoms with Crippen LogP contribution in [0.25, 0.3) is 0 Å². The number of hydrogen-bond donors (Lipinski definition) is 2. The molecule has 0 bridgehead atoms. The largest absolute Gasteiger partial charge is 0.480 e. The summed E-state index contributed by atoms with van der Waals surface area (Å²) in [6.07, 6.45) is 1.07. The van der Waals surface area contributed by atoms with E-state index < -0.39 is 30.6 Å². The second-order valence-electron chi connectivity index (χ2n) is 8.82. The number of carboxylic acids is 1. The Kier molecular flexibility index (Phi) is 9.76. The molecule has 1 aliphatic heterocycles. The molecule has 0 radical (unpaired) electrons. The minimum Gasteiger partial charge on any atom is -0.480 e. The molecule has 2 heterocycles. The minimum absolute atomic E-state index is 0.141. The Morgan fingerprint density at radius 3 is 2.35 bits per heavy atom. The molecule has 0 aliphatic carbocycles. The first kappa shape index (κ1) is 26.9. The molecule has 9 heteroatoms. The molecule has 2 aromatic carbocycles. The first-order valence-corrected chi connectivity index (χ1v) is 14.2. The number of hydrogen-bond acceptors (Lipinski definition) is 7. The number of nitrogens with one attached hydrogen (secondary N) is 1. The van der Waals surface area contributed by atoms with Crippen LogP contribution in [0.5, 0.6) is 0 Å². The van der Waals surface area contributed by atoms with Crippen molar-refractivity contribution in [1.82, 2.24) is 10.2 Å². The molecule has 3 unspecified atom stereocenters.